The second-order valence-electron chi connectivity index (χ2n) is 5.70. The zero-order valence-corrected chi connectivity index (χ0v) is 13.6. The predicted octanol–water partition coefficient (Wildman–Crippen LogP) is 4.15. The van der Waals surface area contributed by atoms with Crippen molar-refractivity contribution in [3.63, 3.8) is 0 Å². The number of benzene rings is 3. The van der Waals surface area contributed by atoms with Crippen molar-refractivity contribution in [2.45, 2.75) is 5.79 Å². The van der Waals surface area contributed by atoms with Crippen LogP contribution in [0.2, 0.25) is 0 Å². The van der Waals surface area contributed by atoms with Crippen molar-refractivity contribution in [3.05, 3.63) is 95.6 Å². The highest BCUT2D eigenvalue weighted by Crippen LogP contribution is 2.43. The molecule has 3 aromatic carbocycles. The second kappa shape index (κ2) is 5.98. The molecule has 4 nitrogen and oxygen atoms in total. The number of rotatable bonds is 3. The minimum Gasteiger partial charge on any atom is -0.497 e. The first-order valence-electron chi connectivity index (χ1n) is 7.94. The van der Waals surface area contributed by atoms with Gasteiger partial charge in [-0.2, -0.15) is 0 Å². The molecule has 1 aliphatic heterocycles. The molecule has 124 valence electrons. The first kappa shape index (κ1) is 15.3. The zero-order valence-electron chi connectivity index (χ0n) is 13.6. The molecule has 0 amide bonds. The number of hydrogen-bond donors (Lipinski definition) is 0. The third kappa shape index (κ3) is 2.52. The Labute approximate surface area is 145 Å². The average Bonchev–Trinajstić information content (AvgIpc) is 2.69. The van der Waals surface area contributed by atoms with E-state index in [4.69, 9.17) is 14.2 Å². The first-order chi connectivity index (χ1) is 12.2. The molecule has 0 N–H and O–H groups in total. The summed E-state index contributed by atoms with van der Waals surface area (Å²) in [5, 5.41) is 0. The summed E-state index contributed by atoms with van der Waals surface area (Å²) in [5.74, 6) is -0.731. The van der Waals surface area contributed by atoms with Crippen molar-refractivity contribution < 1.29 is 19.0 Å². The number of carbonyl (C=O) groups is 1. The van der Waals surface area contributed by atoms with Crippen LogP contribution in [0.25, 0.3) is 0 Å². The number of ether oxygens (including phenoxy) is 3. The van der Waals surface area contributed by atoms with Crippen molar-refractivity contribution in [1.29, 1.82) is 0 Å². The van der Waals surface area contributed by atoms with E-state index in [1.807, 2.05) is 60.7 Å². The van der Waals surface area contributed by atoms with E-state index in [-0.39, 0.29) is 0 Å². The summed E-state index contributed by atoms with van der Waals surface area (Å²) in [5.41, 5.74) is 1.84. The van der Waals surface area contributed by atoms with E-state index in [9.17, 15) is 4.79 Å². The first-order valence-corrected chi connectivity index (χ1v) is 7.94. The van der Waals surface area contributed by atoms with Crippen molar-refractivity contribution in [3.8, 4) is 11.5 Å². The SMILES string of the molecule is COc1ccc2c(c1)C(=O)OC(c1ccccc1)(c1ccccc1)O2. The minimum absolute atomic E-state index is 0.349. The summed E-state index contributed by atoms with van der Waals surface area (Å²) >= 11 is 0. The number of esters is 1. The molecule has 1 heterocycles. The molecule has 0 atom stereocenters. The van der Waals surface area contributed by atoms with Crippen LogP contribution in [-0.4, -0.2) is 13.1 Å². The van der Waals surface area contributed by atoms with Gasteiger partial charge in [0.1, 0.15) is 17.1 Å². The molecule has 4 heteroatoms. The third-order valence-corrected chi connectivity index (χ3v) is 4.20. The van der Waals surface area contributed by atoms with Crippen molar-refractivity contribution in [2.24, 2.45) is 0 Å². The molecule has 0 radical (unpaired) electrons. The standard InChI is InChI=1S/C21H16O4/c1-23-17-12-13-19-18(14-17)20(22)25-21(24-19,15-8-4-2-5-9-15)16-10-6-3-7-11-16/h2-14H,1H3. The van der Waals surface area contributed by atoms with Gasteiger partial charge in [-0.15, -0.1) is 0 Å². The lowest BCUT2D eigenvalue weighted by Gasteiger charge is -2.38. The summed E-state index contributed by atoms with van der Waals surface area (Å²) in [6, 6.07) is 24.0. The van der Waals surface area contributed by atoms with Gasteiger partial charge in [0.15, 0.2) is 0 Å². The number of cyclic esters (lactones) is 1. The molecule has 3 aromatic rings. The maximum atomic E-state index is 12.8. The quantitative estimate of drug-likeness (QED) is 0.676. The molecule has 1 aliphatic rings. The molecule has 0 aromatic heterocycles. The largest absolute Gasteiger partial charge is 0.497 e. The van der Waals surface area contributed by atoms with Gasteiger partial charge in [0, 0.05) is 11.1 Å². The Hall–Kier alpha value is -3.27. The molecule has 0 spiro atoms. The van der Waals surface area contributed by atoms with E-state index in [0.717, 1.165) is 11.1 Å². The fourth-order valence-corrected chi connectivity index (χ4v) is 2.96. The van der Waals surface area contributed by atoms with Gasteiger partial charge < -0.3 is 14.2 Å². The van der Waals surface area contributed by atoms with Crippen LogP contribution in [0.4, 0.5) is 0 Å². The number of methoxy groups -OCH3 is 1. The lowest BCUT2D eigenvalue weighted by atomic mass is 9.95. The molecule has 4 rings (SSSR count). The van der Waals surface area contributed by atoms with Gasteiger partial charge in [-0.25, -0.2) is 4.79 Å². The zero-order chi connectivity index (χ0) is 17.3. The summed E-state index contributed by atoms with van der Waals surface area (Å²) in [4.78, 5) is 12.8. The Balaban J connectivity index is 1.90. The fourth-order valence-electron chi connectivity index (χ4n) is 2.96. The van der Waals surface area contributed by atoms with Gasteiger partial charge in [0.05, 0.1) is 7.11 Å². The van der Waals surface area contributed by atoms with Crippen LogP contribution >= 0.6 is 0 Å². The van der Waals surface area contributed by atoms with E-state index >= 15 is 0 Å². The van der Waals surface area contributed by atoms with Gasteiger partial charge in [0.25, 0.3) is 0 Å². The number of carbonyl (C=O) groups excluding carboxylic acids is 1. The van der Waals surface area contributed by atoms with Crippen LogP contribution in [-0.2, 0) is 10.5 Å². The average molecular weight is 332 g/mol. The molecule has 25 heavy (non-hydrogen) atoms. The number of hydrogen-bond acceptors (Lipinski definition) is 4. The van der Waals surface area contributed by atoms with Crippen LogP contribution in [0.1, 0.15) is 21.5 Å². The lowest BCUT2D eigenvalue weighted by Crippen LogP contribution is -2.43. The summed E-state index contributed by atoms with van der Waals surface area (Å²) in [6.45, 7) is 0. The van der Waals surface area contributed by atoms with Crippen LogP contribution < -0.4 is 9.47 Å². The monoisotopic (exact) mass is 332 g/mol. The topological polar surface area (TPSA) is 44.8 Å². The van der Waals surface area contributed by atoms with Gasteiger partial charge in [-0.05, 0) is 18.2 Å². The molecule has 0 aliphatic carbocycles. The van der Waals surface area contributed by atoms with Crippen molar-refractivity contribution >= 4 is 5.97 Å². The lowest BCUT2D eigenvalue weighted by molar-refractivity contribution is -0.131. The Morgan fingerprint density at radius 1 is 0.800 bits per heavy atom. The third-order valence-electron chi connectivity index (χ3n) is 4.20. The molecule has 0 unspecified atom stereocenters. The van der Waals surface area contributed by atoms with E-state index in [0.29, 0.717) is 17.1 Å². The highest BCUT2D eigenvalue weighted by atomic mass is 16.7. The van der Waals surface area contributed by atoms with Crippen LogP contribution in [0.3, 0.4) is 0 Å². The molecule has 0 saturated carbocycles. The summed E-state index contributed by atoms with van der Waals surface area (Å²) in [6.07, 6.45) is 0. The smallest absolute Gasteiger partial charge is 0.345 e. The molecule has 0 fully saturated rings. The Morgan fingerprint density at radius 2 is 1.40 bits per heavy atom. The molecule has 0 saturated heterocycles. The Bertz CT molecular complexity index is 864. The van der Waals surface area contributed by atoms with Gasteiger partial charge in [-0.3, -0.25) is 0 Å². The summed E-state index contributed by atoms with van der Waals surface area (Å²) < 4.78 is 17.3. The maximum Gasteiger partial charge on any atom is 0.345 e. The molecular weight excluding hydrogens is 316 g/mol. The van der Waals surface area contributed by atoms with Crippen LogP contribution in [0, 0.1) is 0 Å². The van der Waals surface area contributed by atoms with E-state index < -0.39 is 11.8 Å². The van der Waals surface area contributed by atoms with Gasteiger partial charge in [-0.1, -0.05) is 60.7 Å². The highest BCUT2D eigenvalue weighted by Gasteiger charge is 2.46. The van der Waals surface area contributed by atoms with E-state index in [1.54, 1.807) is 25.3 Å². The Kier molecular flexibility index (Phi) is 3.65. The van der Waals surface area contributed by atoms with Crippen LogP contribution in [0.5, 0.6) is 11.5 Å². The molecular formula is C21H16O4. The van der Waals surface area contributed by atoms with E-state index in [2.05, 4.69) is 0 Å². The van der Waals surface area contributed by atoms with Gasteiger partial charge >= 0.3 is 11.8 Å². The van der Waals surface area contributed by atoms with Gasteiger partial charge in [0.2, 0.25) is 0 Å². The predicted molar refractivity (Wildman–Crippen MR) is 92.7 cm³/mol. The number of fused-ring (bicyclic) bond motifs is 1. The highest BCUT2D eigenvalue weighted by molar-refractivity contribution is 5.94. The second-order valence-corrected chi connectivity index (χ2v) is 5.70. The maximum absolute atomic E-state index is 12.8. The fraction of sp³-hybridized carbons (Fsp3) is 0.0952. The summed E-state index contributed by atoms with van der Waals surface area (Å²) in [7, 11) is 1.55. The van der Waals surface area contributed by atoms with Crippen molar-refractivity contribution in [1.82, 2.24) is 0 Å². The van der Waals surface area contributed by atoms with Crippen molar-refractivity contribution in [2.75, 3.05) is 7.11 Å². The normalized spacial score (nSPS) is 14.8. The molecule has 0 bridgehead atoms. The van der Waals surface area contributed by atoms with E-state index in [1.165, 1.54) is 0 Å². The Morgan fingerprint density at radius 3 is 1.96 bits per heavy atom. The minimum atomic E-state index is -1.32. The van der Waals surface area contributed by atoms with Crippen LogP contribution in [0.15, 0.2) is 78.9 Å².